The van der Waals surface area contributed by atoms with Crippen LogP contribution in [0.3, 0.4) is 0 Å². The van der Waals surface area contributed by atoms with Crippen molar-refractivity contribution >= 4 is 11.9 Å². The third-order valence-electron chi connectivity index (χ3n) is 8.58. The molecule has 6 nitrogen and oxygen atoms in total. The van der Waals surface area contributed by atoms with E-state index < -0.39 is 16.4 Å². The second kappa shape index (κ2) is 6.43. The molecule has 0 atom stereocenters. The molecule has 28 heavy (non-hydrogen) atoms. The molecule has 2 bridgehead atoms. The molecule has 5 aliphatic rings. The molecule has 2 heterocycles. The summed E-state index contributed by atoms with van der Waals surface area (Å²) in [5.41, 5.74) is 4.39. The minimum Gasteiger partial charge on any atom is -0.466 e. The van der Waals surface area contributed by atoms with E-state index in [9.17, 15) is 9.59 Å². The first kappa shape index (κ1) is 20.1. The van der Waals surface area contributed by atoms with Gasteiger partial charge in [-0.25, -0.2) is 0 Å². The number of carbonyl (C=O) groups excluding carboxylic acids is 2. The van der Waals surface area contributed by atoms with E-state index in [-0.39, 0.29) is 17.5 Å². The van der Waals surface area contributed by atoms with Gasteiger partial charge in [-0.1, -0.05) is 6.42 Å². The van der Waals surface area contributed by atoms with E-state index in [2.05, 4.69) is 5.32 Å². The van der Waals surface area contributed by atoms with Crippen molar-refractivity contribution in [3.05, 3.63) is 0 Å². The van der Waals surface area contributed by atoms with E-state index in [1.54, 1.807) is 0 Å². The average Bonchev–Trinajstić information content (AvgIpc) is 2.59. The lowest BCUT2D eigenvalue weighted by Gasteiger charge is -2.61. The summed E-state index contributed by atoms with van der Waals surface area (Å²) in [7, 11) is 0. The van der Waals surface area contributed by atoms with E-state index >= 15 is 0 Å². The van der Waals surface area contributed by atoms with Crippen LogP contribution >= 0.6 is 0 Å². The van der Waals surface area contributed by atoms with Gasteiger partial charge in [0.2, 0.25) is 5.91 Å². The Morgan fingerprint density at radius 3 is 2.18 bits per heavy atom. The van der Waals surface area contributed by atoms with Crippen molar-refractivity contribution in [3.8, 4) is 0 Å². The maximum atomic E-state index is 13.4. The molecule has 5 rings (SSSR count). The van der Waals surface area contributed by atoms with E-state index in [1.165, 1.54) is 19.3 Å². The topological polar surface area (TPSA) is 90.7 Å². The third kappa shape index (κ3) is 2.74. The van der Waals surface area contributed by atoms with Crippen LogP contribution in [0.2, 0.25) is 0 Å². The number of esters is 1. The summed E-state index contributed by atoms with van der Waals surface area (Å²) in [5, 5.41) is 3.17. The van der Waals surface area contributed by atoms with Crippen LogP contribution in [0.4, 0.5) is 0 Å². The Balaban J connectivity index is 1.46. The van der Waals surface area contributed by atoms with Gasteiger partial charge in [0.1, 0.15) is 0 Å². The molecule has 0 aromatic carbocycles. The average molecular weight is 393 g/mol. The van der Waals surface area contributed by atoms with Gasteiger partial charge < -0.3 is 20.5 Å². The van der Waals surface area contributed by atoms with Gasteiger partial charge in [0.25, 0.3) is 0 Å². The fourth-order valence-electron chi connectivity index (χ4n) is 6.68. The van der Waals surface area contributed by atoms with Crippen LogP contribution in [0.1, 0.15) is 78.6 Å². The minimum absolute atomic E-state index is 0.0288. The molecular formula is C22H36N2O4. The van der Waals surface area contributed by atoms with Crippen molar-refractivity contribution in [1.82, 2.24) is 5.32 Å². The van der Waals surface area contributed by atoms with Crippen molar-refractivity contribution in [2.75, 3.05) is 19.7 Å². The molecule has 5 fully saturated rings. The molecule has 0 unspecified atom stereocenters. The number of nitrogens with one attached hydrogen (secondary N) is 1. The minimum atomic E-state index is -0.557. The van der Waals surface area contributed by atoms with Crippen molar-refractivity contribution in [1.29, 1.82) is 0 Å². The molecule has 1 amide bonds. The van der Waals surface area contributed by atoms with Crippen LogP contribution in [-0.4, -0.2) is 42.8 Å². The van der Waals surface area contributed by atoms with Crippen molar-refractivity contribution < 1.29 is 19.1 Å². The first-order valence-electron chi connectivity index (χ1n) is 11.0. The molecule has 0 radical (unpaired) electrons. The first-order chi connectivity index (χ1) is 13.2. The van der Waals surface area contributed by atoms with Gasteiger partial charge in [-0.3, -0.25) is 9.59 Å². The second-order valence-corrected chi connectivity index (χ2v) is 10.5. The first-order valence-corrected chi connectivity index (χ1v) is 11.0. The Morgan fingerprint density at radius 1 is 1.07 bits per heavy atom. The summed E-state index contributed by atoms with van der Waals surface area (Å²) >= 11 is 0. The molecule has 6 heteroatoms. The van der Waals surface area contributed by atoms with Gasteiger partial charge >= 0.3 is 5.97 Å². The Morgan fingerprint density at radius 2 is 1.71 bits per heavy atom. The van der Waals surface area contributed by atoms with E-state index in [4.69, 9.17) is 15.2 Å². The molecule has 1 spiro atoms. The highest BCUT2D eigenvalue weighted by molar-refractivity contribution is 5.86. The zero-order chi connectivity index (χ0) is 20.3. The molecule has 3 saturated carbocycles. The molecule has 0 aromatic rings. The normalized spacial score (nSPS) is 39.7. The Hall–Kier alpha value is -1.14. The number of ether oxygens (including phenoxy) is 2. The Labute approximate surface area is 168 Å². The lowest BCUT2D eigenvalue weighted by Crippen LogP contribution is -2.69. The van der Waals surface area contributed by atoms with Gasteiger partial charge in [-0.15, -0.1) is 0 Å². The number of rotatable bonds is 6. The zero-order valence-corrected chi connectivity index (χ0v) is 17.7. The highest BCUT2D eigenvalue weighted by Crippen LogP contribution is 2.65. The summed E-state index contributed by atoms with van der Waals surface area (Å²) < 4.78 is 11.8. The number of amides is 1. The maximum Gasteiger partial charge on any atom is 0.313 e. The van der Waals surface area contributed by atoms with Crippen molar-refractivity contribution in [2.24, 2.45) is 22.0 Å². The third-order valence-corrected chi connectivity index (χ3v) is 8.58. The van der Waals surface area contributed by atoms with Gasteiger partial charge in [0.15, 0.2) is 0 Å². The maximum absolute atomic E-state index is 13.4. The second-order valence-electron chi connectivity index (χ2n) is 10.5. The monoisotopic (exact) mass is 392 g/mol. The molecule has 2 saturated heterocycles. The van der Waals surface area contributed by atoms with Crippen LogP contribution in [0.15, 0.2) is 0 Å². The molecule has 3 aliphatic carbocycles. The van der Waals surface area contributed by atoms with Crippen LogP contribution in [0, 0.1) is 16.2 Å². The Bertz CT molecular complexity index is 651. The summed E-state index contributed by atoms with van der Waals surface area (Å²) in [5.74, 6) is -0.115. The molecule has 2 aliphatic heterocycles. The highest BCUT2D eigenvalue weighted by atomic mass is 16.5. The lowest BCUT2D eigenvalue weighted by molar-refractivity contribution is -0.266. The van der Waals surface area contributed by atoms with E-state index in [0.717, 1.165) is 38.5 Å². The molecule has 3 N–H and O–H groups in total. The largest absolute Gasteiger partial charge is 0.466 e. The lowest BCUT2D eigenvalue weighted by atomic mass is 9.45. The van der Waals surface area contributed by atoms with Crippen LogP contribution in [-0.2, 0) is 19.1 Å². The zero-order valence-electron chi connectivity index (χ0n) is 17.7. The Kier molecular flexibility index (Phi) is 4.63. The van der Waals surface area contributed by atoms with Crippen LogP contribution < -0.4 is 11.1 Å². The van der Waals surface area contributed by atoms with E-state index in [0.29, 0.717) is 25.1 Å². The number of hydrogen-bond acceptors (Lipinski definition) is 5. The number of fused-ring (bicyclic) bond motifs is 3. The number of nitrogens with two attached hydrogens (primary N) is 1. The van der Waals surface area contributed by atoms with Gasteiger partial charge in [-0.2, -0.15) is 0 Å². The van der Waals surface area contributed by atoms with Gasteiger partial charge in [0, 0.05) is 13.1 Å². The van der Waals surface area contributed by atoms with Gasteiger partial charge in [-0.05, 0) is 77.6 Å². The summed E-state index contributed by atoms with van der Waals surface area (Å²) in [6, 6.07) is 0. The predicted octanol–water partition coefficient (Wildman–Crippen LogP) is 2.68. The van der Waals surface area contributed by atoms with Gasteiger partial charge in [0.05, 0.1) is 28.6 Å². The number of hydrogen-bond donors (Lipinski definition) is 2. The fraction of sp³-hybridized carbons (Fsp3) is 0.909. The SMILES string of the molecule is CCOC(=O)C1(CNC(=O)C23CCC(CN)(CC2)OC3(C)C)CC2(CCC2)C1. The summed E-state index contributed by atoms with van der Waals surface area (Å²) in [6.07, 6.45) is 8.59. The van der Waals surface area contributed by atoms with Crippen LogP contribution in [0.25, 0.3) is 0 Å². The van der Waals surface area contributed by atoms with E-state index in [1.807, 2.05) is 20.8 Å². The van der Waals surface area contributed by atoms with Crippen LogP contribution in [0.5, 0.6) is 0 Å². The molecule has 0 aromatic heterocycles. The van der Waals surface area contributed by atoms with Crippen molar-refractivity contribution in [3.63, 3.8) is 0 Å². The summed E-state index contributed by atoms with van der Waals surface area (Å²) in [6.45, 7) is 7.14. The smallest absolute Gasteiger partial charge is 0.313 e. The summed E-state index contributed by atoms with van der Waals surface area (Å²) in [4.78, 5) is 26.1. The van der Waals surface area contributed by atoms with Crippen molar-refractivity contribution in [2.45, 2.75) is 89.8 Å². The quantitative estimate of drug-likeness (QED) is 0.678. The fourth-order valence-corrected chi connectivity index (χ4v) is 6.68. The molecular weight excluding hydrogens is 356 g/mol. The highest BCUT2D eigenvalue weighted by Gasteiger charge is 2.64. The predicted molar refractivity (Wildman–Crippen MR) is 105 cm³/mol. The standard InChI is InChI=1S/C22H36N2O4/c1-4-27-17(26)20(12-19(13-20)6-5-7-19)15-24-16(25)22-10-8-21(14-23,9-11-22)28-18(22,2)3/h4-15,23H2,1-3H3,(H,24,25). The molecule has 158 valence electrons. The number of carbonyl (C=O) groups is 2.